The van der Waals surface area contributed by atoms with Gasteiger partial charge in [0.1, 0.15) is 0 Å². The van der Waals surface area contributed by atoms with Gasteiger partial charge in [-0.3, -0.25) is 0 Å². The van der Waals surface area contributed by atoms with E-state index in [0.29, 0.717) is 30.6 Å². The zero-order valence-corrected chi connectivity index (χ0v) is 10.8. The molecule has 1 aromatic carbocycles. The Kier molecular flexibility index (Phi) is 3.54. The number of sulfone groups is 1. The van der Waals surface area contributed by atoms with E-state index in [1.165, 1.54) is 0 Å². The molecule has 2 rings (SSSR count). The van der Waals surface area contributed by atoms with Crippen LogP contribution in [0.3, 0.4) is 0 Å². The fourth-order valence-electron chi connectivity index (χ4n) is 2.28. The number of aryl methyl sites for hydroxylation is 1. The summed E-state index contributed by atoms with van der Waals surface area (Å²) in [5.74, 6) is 0. The maximum atomic E-state index is 12.3. The van der Waals surface area contributed by atoms with Crippen LogP contribution in [0.5, 0.6) is 0 Å². The quantitative estimate of drug-likeness (QED) is 0.879. The second kappa shape index (κ2) is 4.78. The summed E-state index contributed by atoms with van der Waals surface area (Å²) in [6.45, 7) is 1.94. The Hall–Kier alpha value is -0.870. The molecular weight excluding hydrogens is 236 g/mol. The average molecular weight is 254 g/mol. The van der Waals surface area contributed by atoms with Gasteiger partial charge in [0.15, 0.2) is 9.84 Å². The van der Waals surface area contributed by atoms with Crippen molar-refractivity contribution in [3.8, 4) is 0 Å². The number of rotatable bonds is 2. The molecule has 0 unspecified atom stereocenters. The molecule has 0 atom stereocenters. The molecule has 94 valence electrons. The zero-order valence-electron chi connectivity index (χ0n) is 9.96. The van der Waals surface area contributed by atoms with Crippen molar-refractivity contribution in [2.24, 2.45) is 0 Å². The molecule has 0 spiro atoms. The molecular formula is C13H18O3S. The van der Waals surface area contributed by atoms with Crippen LogP contribution in [0.1, 0.15) is 31.2 Å². The average Bonchev–Trinajstić information content (AvgIpc) is 2.30. The highest BCUT2D eigenvalue weighted by Crippen LogP contribution is 2.28. The highest BCUT2D eigenvalue weighted by atomic mass is 32.2. The van der Waals surface area contributed by atoms with Gasteiger partial charge in [0.2, 0.25) is 0 Å². The fraction of sp³-hybridized carbons (Fsp3) is 0.538. The molecule has 0 radical (unpaired) electrons. The third-order valence-electron chi connectivity index (χ3n) is 3.43. The second-order valence-corrected chi connectivity index (χ2v) is 7.02. The first-order valence-electron chi connectivity index (χ1n) is 5.99. The third kappa shape index (κ3) is 2.69. The molecule has 1 fully saturated rings. The van der Waals surface area contributed by atoms with Crippen molar-refractivity contribution in [1.29, 1.82) is 0 Å². The van der Waals surface area contributed by atoms with Gasteiger partial charge in [-0.25, -0.2) is 8.42 Å². The van der Waals surface area contributed by atoms with Crippen molar-refractivity contribution in [3.05, 3.63) is 29.8 Å². The van der Waals surface area contributed by atoms with Gasteiger partial charge in [-0.05, 0) is 44.7 Å². The van der Waals surface area contributed by atoms with Crippen molar-refractivity contribution in [3.63, 3.8) is 0 Å². The van der Waals surface area contributed by atoms with Crippen LogP contribution in [0.15, 0.2) is 29.2 Å². The van der Waals surface area contributed by atoms with Gasteiger partial charge in [0.05, 0.1) is 16.2 Å². The second-order valence-electron chi connectivity index (χ2n) is 4.79. The number of hydrogen-bond acceptors (Lipinski definition) is 3. The summed E-state index contributed by atoms with van der Waals surface area (Å²) < 4.78 is 24.6. The molecule has 4 heteroatoms. The summed E-state index contributed by atoms with van der Waals surface area (Å²) >= 11 is 0. The predicted molar refractivity (Wildman–Crippen MR) is 66.6 cm³/mol. The monoisotopic (exact) mass is 254 g/mol. The molecule has 1 aliphatic rings. The minimum Gasteiger partial charge on any atom is -0.393 e. The first-order valence-corrected chi connectivity index (χ1v) is 7.53. The van der Waals surface area contributed by atoms with E-state index >= 15 is 0 Å². The van der Waals surface area contributed by atoms with E-state index < -0.39 is 9.84 Å². The molecule has 1 aromatic rings. The lowest BCUT2D eigenvalue weighted by molar-refractivity contribution is 0.131. The van der Waals surface area contributed by atoms with Crippen molar-refractivity contribution in [2.75, 3.05) is 0 Å². The highest BCUT2D eigenvalue weighted by molar-refractivity contribution is 7.92. The summed E-state index contributed by atoms with van der Waals surface area (Å²) in [6.07, 6.45) is 2.00. The molecule has 1 N–H and O–H groups in total. The number of aliphatic hydroxyl groups excluding tert-OH is 1. The standard InChI is InChI=1S/C13H18O3S/c1-10-2-6-12(7-3-10)17(15,16)13-8-4-11(14)5-9-13/h2-3,6-7,11,13-14H,4-5,8-9H2,1H3. The molecule has 0 aliphatic heterocycles. The Morgan fingerprint density at radius 1 is 1.06 bits per heavy atom. The lowest BCUT2D eigenvalue weighted by atomic mass is 9.97. The molecule has 0 heterocycles. The van der Waals surface area contributed by atoms with Gasteiger partial charge in [0.25, 0.3) is 0 Å². The molecule has 17 heavy (non-hydrogen) atoms. The maximum Gasteiger partial charge on any atom is 0.181 e. The molecule has 0 amide bonds. The highest BCUT2D eigenvalue weighted by Gasteiger charge is 2.31. The summed E-state index contributed by atoms with van der Waals surface area (Å²) in [5.41, 5.74) is 1.06. The van der Waals surface area contributed by atoms with Crippen LogP contribution in [0.2, 0.25) is 0 Å². The van der Waals surface area contributed by atoms with Crippen LogP contribution >= 0.6 is 0 Å². The van der Waals surface area contributed by atoms with Crippen molar-refractivity contribution >= 4 is 9.84 Å². The normalized spacial score (nSPS) is 25.8. The van der Waals surface area contributed by atoms with Crippen LogP contribution in [-0.2, 0) is 9.84 Å². The first-order chi connectivity index (χ1) is 8.00. The molecule has 0 saturated heterocycles. The third-order valence-corrected chi connectivity index (χ3v) is 5.71. The summed E-state index contributed by atoms with van der Waals surface area (Å²) in [6, 6.07) is 7.00. The van der Waals surface area contributed by atoms with E-state index in [1.54, 1.807) is 12.1 Å². The Balaban J connectivity index is 2.21. The van der Waals surface area contributed by atoms with Crippen LogP contribution in [0.25, 0.3) is 0 Å². The topological polar surface area (TPSA) is 54.4 Å². The number of aliphatic hydroxyl groups is 1. The van der Waals surface area contributed by atoms with Gasteiger partial charge in [-0.1, -0.05) is 17.7 Å². The summed E-state index contributed by atoms with van der Waals surface area (Å²) in [5, 5.41) is 9.08. The van der Waals surface area contributed by atoms with Crippen molar-refractivity contribution < 1.29 is 13.5 Å². The first kappa shape index (κ1) is 12.6. The predicted octanol–water partition coefficient (Wildman–Crippen LogP) is 2.07. The number of benzene rings is 1. The maximum absolute atomic E-state index is 12.3. The lowest BCUT2D eigenvalue weighted by Crippen LogP contribution is -2.29. The largest absolute Gasteiger partial charge is 0.393 e. The minimum absolute atomic E-state index is 0.320. The Morgan fingerprint density at radius 3 is 2.12 bits per heavy atom. The van der Waals surface area contributed by atoms with E-state index in [-0.39, 0.29) is 11.4 Å². The van der Waals surface area contributed by atoms with Gasteiger partial charge >= 0.3 is 0 Å². The molecule has 0 aromatic heterocycles. The fourth-order valence-corrected chi connectivity index (χ4v) is 4.07. The van der Waals surface area contributed by atoms with E-state index in [9.17, 15) is 13.5 Å². The molecule has 0 bridgehead atoms. The van der Waals surface area contributed by atoms with Crippen LogP contribution in [0, 0.1) is 6.92 Å². The van der Waals surface area contributed by atoms with E-state index in [0.717, 1.165) is 5.56 Å². The Morgan fingerprint density at radius 2 is 1.59 bits per heavy atom. The van der Waals surface area contributed by atoms with Crippen LogP contribution < -0.4 is 0 Å². The smallest absolute Gasteiger partial charge is 0.181 e. The van der Waals surface area contributed by atoms with Gasteiger partial charge in [-0.15, -0.1) is 0 Å². The molecule has 3 nitrogen and oxygen atoms in total. The van der Waals surface area contributed by atoms with Gasteiger partial charge < -0.3 is 5.11 Å². The van der Waals surface area contributed by atoms with Crippen molar-refractivity contribution in [2.45, 2.75) is 48.9 Å². The van der Waals surface area contributed by atoms with E-state index in [1.807, 2.05) is 19.1 Å². The van der Waals surface area contributed by atoms with E-state index in [2.05, 4.69) is 0 Å². The number of hydrogen-bond donors (Lipinski definition) is 1. The van der Waals surface area contributed by atoms with Gasteiger partial charge in [0, 0.05) is 0 Å². The van der Waals surface area contributed by atoms with Crippen LogP contribution in [-0.4, -0.2) is 24.9 Å². The Bertz CT molecular complexity index is 468. The molecule has 1 saturated carbocycles. The van der Waals surface area contributed by atoms with Crippen LogP contribution in [0.4, 0.5) is 0 Å². The van der Waals surface area contributed by atoms with Crippen molar-refractivity contribution in [1.82, 2.24) is 0 Å². The summed E-state index contributed by atoms with van der Waals surface area (Å²) in [7, 11) is -3.21. The van der Waals surface area contributed by atoms with Gasteiger partial charge in [-0.2, -0.15) is 0 Å². The summed E-state index contributed by atoms with van der Waals surface area (Å²) in [4.78, 5) is 0.407. The molecule has 1 aliphatic carbocycles. The SMILES string of the molecule is Cc1ccc(S(=O)(=O)C2CCC(O)CC2)cc1. The van der Waals surface area contributed by atoms with E-state index in [4.69, 9.17) is 0 Å². The minimum atomic E-state index is -3.21. The lowest BCUT2D eigenvalue weighted by Gasteiger charge is -2.25. The zero-order chi connectivity index (χ0) is 12.5. The Labute approximate surface area is 102 Å².